The van der Waals surface area contributed by atoms with Gasteiger partial charge in [0.25, 0.3) is 5.69 Å². The quantitative estimate of drug-likeness (QED) is 0.491. The van der Waals surface area contributed by atoms with Gasteiger partial charge in [0.15, 0.2) is 0 Å². The molecule has 10 heteroatoms. The number of nitrogens with one attached hydrogen (secondary N) is 1. The predicted molar refractivity (Wildman–Crippen MR) is 107 cm³/mol. The molecule has 9 nitrogen and oxygen atoms in total. The van der Waals surface area contributed by atoms with Gasteiger partial charge in [-0.3, -0.25) is 14.9 Å². The van der Waals surface area contributed by atoms with Crippen molar-refractivity contribution in [3.05, 3.63) is 64.2 Å². The highest BCUT2D eigenvalue weighted by atomic mass is 32.2. The third-order valence-corrected chi connectivity index (χ3v) is 5.81. The Kier molecular flexibility index (Phi) is 7.29. The van der Waals surface area contributed by atoms with Gasteiger partial charge in [0.1, 0.15) is 5.75 Å². The number of likely N-dealkylation sites (N-methyl/N-ethyl adjacent to an activating group) is 1. The molecule has 0 saturated carbocycles. The summed E-state index contributed by atoms with van der Waals surface area (Å²) in [5.41, 5.74) is 0.496. The zero-order valence-corrected chi connectivity index (χ0v) is 17.2. The van der Waals surface area contributed by atoms with Gasteiger partial charge in [0.05, 0.1) is 29.0 Å². The minimum atomic E-state index is -3.87. The fourth-order valence-electron chi connectivity index (χ4n) is 2.58. The van der Waals surface area contributed by atoms with Crippen LogP contribution in [-0.4, -0.2) is 44.3 Å². The van der Waals surface area contributed by atoms with Crippen LogP contribution in [0.3, 0.4) is 0 Å². The van der Waals surface area contributed by atoms with Crippen molar-refractivity contribution in [2.24, 2.45) is 0 Å². The number of ether oxygens (including phenoxy) is 1. The van der Waals surface area contributed by atoms with Gasteiger partial charge >= 0.3 is 0 Å². The van der Waals surface area contributed by atoms with E-state index >= 15 is 0 Å². The van der Waals surface area contributed by atoms with Crippen molar-refractivity contribution in [1.82, 2.24) is 9.62 Å². The maximum Gasteiger partial charge on any atom is 0.269 e. The Balaban J connectivity index is 2.03. The monoisotopic (exact) mass is 421 g/mol. The standard InChI is InChI=1S/C19H23N3O6S/c1-4-28-17-8-10-18(11-9-17)29(26,27)20-13-19(23)21(3)14(2)15-6-5-7-16(12-15)22(24)25/h5-12,14,20H,4,13H2,1-3H3/t14-/m1/s1. The van der Waals surface area contributed by atoms with Crippen LogP contribution in [0.5, 0.6) is 5.75 Å². The van der Waals surface area contributed by atoms with Crippen molar-refractivity contribution in [2.45, 2.75) is 24.8 Å². The van der Waals surface area contributed by atoms with Crippen LogP contribution in [0.4, 0.5) is 5.69 Å². The number of hydrogen-bond acceptors (Lipinski definition) is 6. The van der Waals surface area contributed by atoms with E-state index in [9.17, 15) is 23.3 Å². The van der Waals surface area contributed by atoms with E-state index in [1.165, 1.54) is 54.4 Å². The fourth-order valence-corrected chi connectivity index (χ4v) is 3.56. The molecule has 0 aliphatic heterocycles. The number of rotatable bonds is 9. The van der Waals surface area contributed by atoms with E-state index in [-0.39, 0.29) is 10.6 Å². The minimum absolute atomic E-state index is 0.0168. The Labute approximate surface area is 169 Å². The zero-order valence-electron chi connectivity index (χ0n) is 16.4. The first-order valence-electron chi connectivity index (χ1n) is 8.88. The third kappa shape index (κ3) is 5.75. The molecule has 2 rings (SSSR count). The van der Waals surface area contributed by atoms with Crippen molar-refractivity contribution in [2.75, 3.05) is 20.2 Å². The summed E-state index contributed by atoms with van der Waals surface area (Å²) in [6.07, 6.45) is 0. The molecule has 1 atom stereocenters. The van der Waals surface area contributed by atoms with Crippen LogP contribution < -0.4 is 9.46 Å². The molecule has 0 radical (unpaired) electrons. The number of nitrogens with zero attached hydrogens (tertiary/aromatic N) is 2. The summed E-state index contributed by atoms with van der Waals surface area (Å²) >= 11 is 0. The number of benzene rings is 2. The first-order chi connectivity index (χ1) is 13.7. The minimum Gasteiger partial charge on any atom is -0.494 e. The second-order valence-electron chi connectivity index (χ2n) is 6.26. The van der Waals surface area contributed by atoms with Gasteiger partial charge in [-0.1, -0.05) is 12.1 Å². The first-order valence-corrected chi connectivity index (χ1v) is 10.4. The molecule has 0 aromatic heterocycles. The second kappa shape index (κ2) is 9.48. The first kappa shape index (κ1) is 22.3. The van der Waals surface area contributed by atoms with E-state index in [0.717, 1.165) is 0 Å². The molecular weight excluding hydrogens is 398 g/mol. The molecule has 0 unspecified atom stereocenters. The number of amides is 1. The average Bonchev–Trinajstić information content (AvgIpc) is 2.71. The number of non-ortho nitro benzene ring substituents is 1. The highest BCUT2D eigenvalue weighted by Crippen LogP contribution is 2.23. The Morgan fingerprint density at radius 1 is 1.24 bits per heavy atom. The SMILES string of the molecule is CCOc1ccc(S(=O)(=O)NCC(=O)N(C)[C@H](C)c2cccc([N+](=O)[O-])c2)cc1. The Morgan fingerprint density at radius 2 is 1.90 bits per heavy atom. The maximum absolute atomic E-state index is 12.4. The summed E-state index contributed by atoms with van der Waals surface area (Å²) in [5, 5.41) is 10.9. The van der Waals surface area contributed by atoms with E-state index < -0.39 is 33.4 Å². The topological polar surface area (TPSA) is 119 Å². The van der Waals surface area contributed by atoms with Gasteiger partial charge in [-0.2, -0.15) is 0 Å². The molecule has 0 heterocycles. The lowest BCUT2D eigenvalue weighted by Gasteiger charge is -2.25. The highest BCUT2D eigenvalue weighted by molar-refractivity contribution is 7.89. The fraction of sp³-hybridized carbons (Fsp3) is 0.316. The van der Waals surface area contributed by atoms with Crippen LogP contribution in [0.25, 0.3) is 0 Å². The normalized spacial score (nSPS) is 12.2. The zero-order chi connectivity index (χ0) is 21.6. The van der Waals surface area contributed by atoms with Crippen molar-refractivity contribution < 1.29 is 22.9 Å². The molecule has 0 saturated heterocycles. The van der Waals surface area contributed by atoms with Crippen LogP contribution in [0.2, 0.25) is 0 Å². The summed E-state index contributed by atoms with van der Waals surface area (Å²) in [6.45, 7) is 3.56. The summed E-state index contributed by atoms with van der Waals surface area (Å²) in [7, 11) is -2.36. The highest BCUT2D eigenvalue weighted by Gasteiger charge is 2.22. The Morgan fingerprint density at radius 3 is 2.48 bits per heavy atom. The van der Waals surface area contributed by atoms with E-state index in [1.807, 2.05) is 6.92 Å². The molecule has 1 N–H and O–H groups in total. The van der Waals surface area contributed by atoms with Crippen LogP contribution >= 0.6 is 0 Å². The molecule has 1 amide bonds. The molecule has 29 heavy (non-hydrogen) atoms. The van der Waals surface area contributed by atoms with Crippen molar-refractivity contribution in [3.8, 4) is 5.75 Å². The Hall–Kier alpha value is -2.98. The number of nitro groups is 1. The molecule has 2 aromatic rings. The molecule has 0 aliphatic carbocycles. The van der Waals surface area contributed by atoms with Gasteiger partial charge in [0, 0.05) is 19.2 Å². The molecule has 0 fully saturated rings. The lowest BCUT2D eigenvalue weighted by atomic mass is 10.1. The van der Waals surface area contributed by atoms with Crippen LogP contribution in [0.15, 0.2) is 53.4 Å². The molecule has 0 bridgehead atoms. The Bertz CT molecular complexity index is 976. The van der Waals surface area contributed by atoms with E-state index in [1.54, 1.807) is 13.0 Å². The van der Waals surface area contributed by atoms with Crippen molar-refractivity contribution in [3.63, 3.8) is 0 Å². The van der Waals surface area contributed by atoms with Crippen LogP contribution in [0, 0.1) is 10.1 Å². The third-order valence-electron chi connectivity index (χ3n) is 4.40. The summed E-state index contributed by atoms with van der Waals surface area (Å²) in [4.78, 5) is 24.2. The van der Waals surface area contributed by atoms with Crippen LogP contribution in [0.1, 0.15) is 25.5 Å². The largest absolute Gasteiger partial charge is 0.494 e. The smallest absolute Gasteiger partial charge is 0.269 e. The summed E-state index contributed by atoms with van der Waals surface area (Å²) in [6, 6.07) is 11.4. The molecular formula is C19H23N3O6S. The second-order valence-corrected chi connectivity index (χ2v) is 8.03. The maximum atomic E-state index is 12.4. The lowest BCUT2D eigenvalue weighted by Crippen LogP contribution is -2.39. The van der Waals surface area contributed by atoms with E-state index in [4.69, 9.17) is 4.74 Å². The van der Waals surface area contributed by atoms with E-state index in [0.29, 0.717) is 17.9 Å². The number of carbonyl (C=O) groups excluding carboxylic acids is 1. The summed E-state index contributed by atoms with van der Waals surface area (Å²) < 4.78 is 32.3. The number of hydrogen-bond donors (Lipinski definition) is 1. The number of sulfonamides is 1. The van der Waals surface area contributed by atoms with Gasteiger partial charge in [0.2, 0.25) is 15.9 Å². The van der Waals surface area contributed by atoms with Gasteiger partial charge in [-0.25, -0.2) is 13.1 Å². The number of nitro benzene ring substituents is 1. The number of carbonyl (C=O) groups is 1. The average molecular weight is 421 g/mol. The predicted octanol–water partition coefficient (Wildman–Crippen LogP) is 2.49. The van der Waals surface area contributed by atoms with Gasteiger partial charge < -0.3 is 9.64 Å². The molecule has 156 valence electrons. The molecule has 2 aromatic carbocycles. The molecule has 0 spiro atoms. The van der Waals surface area contributed by atoms with E-state index in [2.05, 4.69) is 4.72 Å². The van der Waals surface area contributed by atoms with Crippen molar-refractivity contribution in [1.29, 1.82) is 0 Å². The summed E-state index contributed by atoms with van der Waals surface area (Å²) in [5.74, 6) is 0.0755. The molecule has 0 aliphatic rings. The van der Waals surface area contributed by atoms with Gasteiger partial charge in [-0.15, -0.1) is 0 Å². The lowest BCUT2D eigenvalue weighted by molar-refractivity contribution is -0.384. The van der Waals surface area contributed by atoms with Crippen molar-refractivity contribution >= 4 is 21.6 Å². The van der Waals surface area contributed by atoms with Crippen LogP contribution in [-0.2, 0) is 14.8 Å². The van der Waals surface area contributed by atoms with Gasteiger partial charge in [-0.05, 0) is 43.7 Å².